The highest BCUT2D eigenvalue weighted by molar-refractivity contribution is 6.30. The van der Waals surface area contributed by atoms with Gasteiger partial charge >= 0.3 is 0 Å². The van der Waals surface area contributed by atoms with Crippen molar-refractivity contribution in [1.82, 2.24) is 4.90 Å². The Hall–Kier alpha value is -1.26. The number of nitrogens with zero attached hydrogens (tertiary/aromatic N) is 1. The predicted octanol–water partition coefficient (Wildman–Crippen LogP) is 3.38. The van der Waals surface area contributed by atoms with Gasteiger partial charge in [0.2, 0.25) is 0 Å². The van der Waals surface area contributed by atoms with Gasteiger partial charge in [0.05, 0.1) is 0 Å². The van der Waals surface area contributed by atoms with E-state index in [2.05, 4.69) is 0 Å². The van der Waals surface area contributed by atoms with Gasteiger partial charge < -0.3 is 14.4 Å². The highest BCUT2D eigenvalue weighted by atomic mass is 35.5. The van der Waals surface area contributed by atoms with Crippen LogP contribution >= 0.6 is 11.6 Å². The summed E-state index contributed by atoms with van der Waals surface area (Å²) >= 11 is 5.92. The lowest BCUT2D eigenvalue weighted by Gasteiger charge is -2.29. The van der Waals surface area contributed by atoms with Gasteiger partial charge in [-0.25, -0.2) is 0 Å². The highest BCUT2D eigenvalue weighted by Crippen LogP contribution is 2.41. The largest absolute Gasteiger partial charge is 0.490 e. The smallest absolute Gasteiger partial charge is 0.254 e. The van der Waals surface area contributed by atoms with Crippen molar-refractivity contribution in [1.29, 1.82) is 0 Å². The number of halogens is 1. The number of carbonyl (C=O) groups excluding carboxylic acids is 1. The SMILES string of the molecule is COC(C)(C)C(=O)N1C[C@@H]2CC[C@H](Oc3ccc(Cl)cc3)[C@@H]2C1. The lowest BCUT2D eigenvalue weighted by Crippen LogP contribution is -2.46. The fourth-order valence-corrected chi connectivity index (χ4v) is 3.81. The number of methoxy groups -OCH3 is 1. The topological polar surface area (TPSA) is 38.8 Å². The molecule has 0 bridgehead atoms. The number of benzene rings is 1. The minimum Gasteiger partial charge on any atom is -0.490 e. The summed E-state index contributed by atoms with van der Waals surface area (Å²) in [6.07, 6.45) is 2.33. The molecule has 5 heteroatoms. The number of likely N-dealkylation sites (tertiary alicyclic amines) is 1. The zero-order chi connectivity index (χ0) is 16.6. The average Bonchev–Trinajstić information content (AvgIpc) is 3.10. The Morgan fingerprint density at radius 3 is 2.57 bits per heavy atom. The van der Waals surface area contributed by atoms with Gasteiger partial charge in [0.15, 0.2) is 0 Å². The fourth-order valence-electron chi connectivity index (χ4n) is 3.68. The number of fused-ring (bicyclic) bond motifs is 1. The molecule has 1 saturated heterocycles. The Bertz CT molecular complexity index is 572. The molecule has 1 aliphatic carbocycles. The maximum Gasteiger partial charge on any atom is 0.254 e. The third-order valence-electron chi connectivity index (χ3n) is 5.20. The Balaban J connectivity index is 1.65. The van der Waals surface area contributed by atoms with Crippen LogP contribution in [-0.4, -0.2) is 42.7 Å². The molecule has 3 rings (SSSR count). The van der Waals surface area contributed by atoms with E-state index < -0.39 is 5.60 Å². The van der Waals surface area contributed by atoms with Gasteiger partial charge in [0.1, 0.15) is 17.5 Å². The van der Waals surface area contributed by atoms with Crippen molar-refractivity contribution < 1.29 is 14.3 Å². The number of rotatable bonds is 4. The van der Waals surface area contributed by atoms with Crippen molar-refractivity contribution in [2.45, 2.75) is 38.4 Å². The maximum absolute atomic E-state index is 12.6. The molecule has 0 spiro atoms. The molecule has 0 unspecified atom stereocenters. The summed E-state index contributed by atoms with van der Waals surface area (Å²) in [5.41, 5.74) is -0.759. The number of carbonyl (C=O) groups is 1. The standard InChI is InChI=1S/C18H24ClNO3/c1-18(2,22-3)17(21)20-10-12-4-9-16(15(12)11-20)23-14-7-5-13(19)6-8-14/h5-8,12,15-16H,4,9-11H2,1-3H3/t12-,15+,16-/m0/s1. The van der Waals surface area contributed by atoms with Gasteiger partial charge in [-0.3, -0.25) is 4.79 Å². The van der Waals surface area contributed by atoms with E-state index in [-0.39, 0.29) is 12.0 Å². The summed E-state index contributed by atoms with van der Waals surface area (Å²) in [5.74, 6) is 1.85. The molecule has 23 heavy (non-hydrogen) atoms. The zero-order valence-electron chi connectivity index (χ0n) is 13.9. The molecule has 0 aromatic heterocycles. The first-order valence-corrected chi connectivity index (χ1v) is 8.55. The molecule has 1 heterocycles. The third-order valence-corrected chi connectivity index (χ3v) is 5.46. The Morgan fingerprint density at radius 2 is 1.91 bits per heavy atom. The van der Waals surface area contributed by atoms with Crippen molar-refractivity contribution in [2.24, 2.45) is 11.8 Å². The van der Waals surface area contributed by atoms with Crippen molar-refractivity contribution in [2.75, 3.05) is 20.2 Å². The van der Waals surface area contributed by atoms with Crippen LogP contribution in [0.1, 0.15) is 26.7 Å². The van der Waals surface area contributed by atoms with Crippen molar-refractivity contribution in [3.8, 4) is 5.75 Å². The second-order valence-electron chi connectivity index (χ2n) is 7.04. The summed E-state index contributed by atoms with van der Waals surface area (Å²) in [6, 6.07) is 7.49. The Kier molecular flexibility index (Phi) is 4.56. The molecule has 1 aromatic carbocycles. The molecule has 0 radical (unpaired) electrons. The molecule has 3 atom stereocenters. The summed E-state index contributed by atoms with van der Waals surface area (Å²) in [7, 11) is 1.58. The van der Waals surface area contributed by atoms with Crippen LogP contribution < -0.4 is 4.74 Å². The molecule has 1 saturated carbocycles. The molecular weight excluding hydrogens is 314 g/mol. The average molecular weight is 338 g/mol. The van der Waals surface area contributed by atoms with Crippen LogP contribution in [0.15, 0.2) is 24.3 Å². The lowest BCUT2D eigenvalue weighted by molar-refractivity contribution is -0.150. The first kappa shape index (κ1) is 16.6. The van der Waals surface area contributed by atoms with Crippen LogP contribution in [0, 0.1) is 11.8 Å². The van der Waals surface area contributed by atoms with Gasteiger partial charge in [0.25, 0.3) is 5.91 Å². The van der Waals surface area contributed by atoms with Crippen LogP contribution in [0.4, 0.5) is 0 Å². The van der Waals surface area contributed by atoms with E-state index in [1.165, 1.54) is 0 Å². The Morgan fingerprint density at radius 1 is 1.22 bits per heavy atom. The molecule has 1 aliphatic heterocycles. The van der Waals surface area contributed by atoms with E-state index in [0.29, 0.717) is 16.9 Å². The molecule has 2 aliphatic rings. The number of hydrogen-bond donors (Lipinski definition) is 0. The molecule has 0 N–H and O–H groups in total. The normalized spacial score (nSPS) is 27.1. The van der Waals surface area contributed by atoms with E-state index in [1.54, 1.807) is 7.11 Å². The predicted molar refractivity (Wildman–Crippen MR) is 89.8 cm³/mol. The summed E-state index contributed by atoms with van der Waals surface area (Å²) in [6.45, 7) is 5.22. The second kappa shape index (κ2) is 6.33. The lowest BCUT2D eigenvalue weighted by atomic mass is 9.99. The van der Waals surface area contributed by atoms with Gasteiger partial charge in [-0.15, -0.1) is 0 Å². The van der Waals surface area contributed by atoms with Gasteiger partial charge in [-0.1, -0.05) is 11.6 Å². The summed E-state index contributed by atoms with van der Waals surface area (Å²) in [4.78, 5) is 14.5. The third kappa shape index (κ3) is 3.33. The van der Waals surface area contributed by atoms with Crippen LogP contribution in [0.2, 0.25) is 5.02 Å². The number of hydrogen-bond acceptors (Lipinski definition) is 3. The number of ether oxygens (including phenoxy) is 2. The summed E-state index contributed by atoms with van der Waals surface area (Å²) < 4.78 is 11.5. The van der Waals surface area contributed by atoms with Crippen molar-refractivity contribution >= 4 is 17.5 Å². The minimum atomic E-state index is -0.759. The summed E-state index contributed by atoms with van der Waals surface area (Å²) in [5, 5.41) is 0.709. The first-order valence-electron chi connectivity index (χ1n) is 8.17. The first-order chi connectivity index (χ1) is 10.9. The molecule has 2 fully saturated rings. The van der Waals surface area contributed by atoms with Crippen molar-refractivity contribution in [3.63, 3.8) is 0 Å². The van der Waals surface area contributed by atoms with Crippen LogP contribution in [-0.2, 0) is 9.53 Å². The molecular formula is C18H24ClNO3. The van der Waals surface area contributed by atoms with Gasteiger partial charge in [-0.05, 0) is 56.9 Å². The Labute approximate surface area is 142 Å². The quantitative estimate of drug-likeness (QED) is 0.845. The fraction of sp³-hybridized carbons (Fsp3) is 0.611. The van der Waals surface area contributed by atoms with E-state index in [4.69, 9.17) is 21.1 Å². The van der Waals surface area contributed by atoms with Crippen LogP contribution in [0.3, 0.4) is 0 Å². The molecule has 126 valence electrons. The van der Waals surface area contributed by atoms with Crippen LogP contribution in [0.25, 0.3) is 0 Å². The second-order valence-corrected chi connectivity index (χ2v) is 7.47. The van der Waals surface area contributed by atoms with Gasteiger partial charge in [-0.2, -0.15) is 0 Å². The van der Waals surface area contributed by atoms with E-state index in [9.17, 15) is 4.79 Å². The molecule has 1 amide bonds. The zero-order valence-corrected chi connectivity index (χ0v) is 14.7. The highest BCUT2D eigenvalue weighted by Gasteiger charge is 2.47. The van der Waals surface area contributed by atoms with E-state index in [1.807, 2.05) is 43.0 Å². The van der Waals surface area contributed by atoms with E-state index >= 15 is 0 Å². The maximum atomic E-state index is 12.6. The minimum absolute atomic E-state index is 0.0691. The monoisotopic (exact) mass is 337 g/mol. The molecule has 1 aromatic rings. The number of amides is 1. The molecule has 4 nitrogen and oxygen atoms in total. The van der Waals surface area contributed by atoms with E-state index in [0.717, 1.165) is 31.7 Å². The van der Waals surface area contributed by atoms with Gasteiger partial charge in [0, 0.05) is 31.1 Å². The van der Waals surface area contributed by atoms with Crippen LogP contribution in [0.5, 0.6) is 5.75 Å². The van der Waals surface area contributed by atoms with Crippen molar-refractivity contribution in [3.05, 3.63) is 29.3 Å².